The van der Waals surface area contributed by atoms with E-state index in [1.54, 1.807) is 24.3 Å². The Balaban J connectivity index is 0.000000305. The quantitative estimate of drug-likeness (QED) is 0.529. The van der Waals surface area contributed by atoms with Crippen LogP contribution in [0.3, 0.4) is 0 Å². The predicted molar refractivity (Wildman–Crippen MR) is 125 cm³/mol. The molecular weight excluding hydrogens is 424 g/mol. The number of hydrogen-bond donors (Lipinski definition) is 1. The van der Waals surface area contributed by atoms with Gasteiger partial charge in [0.1, 0.15) is 0 Å². The summed E-state index contributed by atoms with van der Waals surface area (Å²) in [6.45, 7) is 1.12. The van der Waals surface area contributed by atoms with Crippen molar-refractivity contribution >= 4 is 23.5 Å². The zero-order chi connectivity index (χ0) is 22.6. The lowest BCUT2D eigenvalue weighted by atomic mass is 10.2. The summed E-state index contributed by atoms with van der Waals surface area (Å²) in [6, 6.07) is 28.1. The van der Waals surface area contributed by atoms with Crippen LogP contribution in [-0.4, -0.2) is 34.2 Å². The van der Waals surface area contributed by atoms with Crippen molar-refractivity contribution in [3.63, 3.8) is 0 Å². The highest BCUT2D eigenvalue weighted by Gasteiger charge is 2.36. The zero-order valence-corrected chi connectivity index (χ0v) is 18.4. The van der Waals surface area contributed by atoms with Gasteiger partial charge in [0.15, 0.2) is 5.78 Å². The predicted octanol–water partition coefficient (Wildman–Crippen LogP) is 4.64. The maximum atomic E-state index is 12.0. The normalized spacial score (nSPS) is 17.3. The molecule has 1 N–H and O–H groups in total. The minimum absolute atomic E-state index is 0.0229. The lowest BCUT2D eigenvalue weighted by Gasteiger charge is -2.12. The molecule has 0 aromatic heterocycles. The molecule has 3 aromatic rings. The van der Waals surface area contributed by atoms with Gasteiger partial charge in [0, 0.05) is 11.7 Å². The highest BCUT2D eigenvalue weighted by atomic mass is 32.2. The van der Waals surface area contributed by atoms with Crippen LogP contribution in [-0.2, 0) is 27.5 Å². The van der Waals surface area contributed by atoms with Gasteiger partial charge in [-0.3, -0.25) is 4.79 Å². The summed E-state index contributed by atoms with van der Waals surface area (Å²) < 4.78 is 11.0. The topological polar surface area (TPSA) is 72.8 Å². The van der Waals surface area contributed by atoms with Crippen molar-refractivity contribution in [1.29, 1.82) is 0 Å². The number of benzene rings is 3. The number of Topliss-reactive ketones (excluding diaryl/α,β-unsaturated/α-hetero) is 1. The van der Waals surface area contributed by atoms with Crippen molar-refractivity contribution in [2.45, 2.75) is 30.3 Å². The summed E-state index contributed by atoms with van der Waals surface area (Å²) in [4.78, 5) is 24.1. The van der Waals surface area contributed by atoms with E-state index in [9.17, 15) is 9.59 Å². The van der Waals surface area contributed by atoms with Crippen LogP contribution in [0.1, 0.15) is 27.9 Å². The first-order valence-electron chi connectivity index (χ1n) is 10.4. The van der Waals surface area contributed by atoms with Crippen LogP contribution >= 0.6 is 11.8 Å². The molecule has 2 atom stereocenters. The molecule has 1 heterocycles. The number of hydrogen-bond acceptors (Lipinski definition) is 6. The minimum atomic E-state index is -0.733. The average molecular weight is 451 g/mol. The number of ketones is 1. The van der Waals surface area contributed by atoms with Crippen LogP contribution in [0.15, 0.2) is 91.0 Å². The highest BCUT2D eigenvalue weighted by molar-refractivity contribution is 8.01. The molecule has 1 saturated heterocycles. The Hall–Kier alpha value is -2.93. The van der Waals surface area contributed by atoms with Gasteiger partial charge in [0.2, 0.25) is 5.44 Å². The van der Waals surface area contributed by atoms with Gasteiger partial charge in [-0.2, -0.15) is 0 Å². The molecule has 0 saturated carbocycles. The SMILES string of the molecule is O=C(OC1S[C@H](COCc2ccccc2)CC1=O)c1ccccc1.OCc1ccccc1. The Bertz CT molecular complexity index is 963. The van der Waals surface area contributed by atoms with Gasteiger partial charge < -0.3 is 14.6 Å². The number of thioether (sulfide) groups is 1. The van der Waals surface area contributed by atoms with Crippen LogP contribution < -0.4 is 0 Å². The first-order valence-corrected chi connectivity index (χ1v) is 11.3. The van der Waals surface area contributed by atoms with Crippen molar-refractivity contribution in [2.75, 3.05) is 6.61 Å². The smallest absolute Gasteiger partial charge is 0.339 e. The van der Waals surface area contributed by atoms with E-state index < -0.39 is 11.4 Å². The molecule has 0 spiro atoms. The van der Waals surface area contributed by atoms with Crippen molar-refractivity contribution in [3.8, 4) is 0 Å². The van der Waals surface area contributed by atoms with Gasteiger partial charge in [-0.1, -0.05) is 78.9 Å². The number of aliphatic hydroxyl groups is 1. The third-order valence-corrected chi connectivity index (χ3v) is 5.97. The summed E-state index contributed by atoms with van der Waals surface area (Å²) in [5, 5.41) is 8.56. The average Bonchev–Trinajstić information content (AvgIpc) is 3.20. The van der Waals surface area contributed by atoms with Crippen molar-refractivity contribution in [1.82, 2.24) is 0 Å². The fraction of sp³-hybridized carbons (Fsp3) is 0.231. The Kier molecular flexibility index (Phi) is 9.50. The fourth-order valence-electron chi connectivity index (χ4n) is 3.02. The maximum Gasteiger partial charge on any atom is 0.339 e. The molecule has 4 rings (SSSR count). The molecule has 1 aliphatic heterocycles. The van der Waals surface area contributed by atoms with Crippen LogP contribution in [0.2, 0.25) is 0 Å². The second kappa shape index (κ2) is 12.8. The first kappa shape index (κ1) is 23.7. The molecule has 3 aromatic carbocycles. The molecule has 0 aliphatic carbocycles. The largest absolute Gasteiger partial charge is 0.439 e. The lowest BCUT2D eigenvalue weighted by molar-refractivity contribution is -0.123. The molecule has 0 bridgehead atoms. The zero-order valence-electron chi connectivity index (χ0n) is 17.6. The molecule has 1 aliphatic rings. The van der Waals surface area contributed by atoms with Crippen LogP contribution in [0.4, 0.5) is 0 Å². The number of carbonyl (C=O) groups excluding carboxylic acids is 2. The second-order valence-electron chi connectivity index (χ2n) is 7.18. The maximum absolute atomic E-state index is 12.0. The Morgan fingerprint density at radius 2 is 1.44 bits per heavy atom. The van der Waals surface area contributed by atoms with Gasteiger partial charge >= 0.3 is 5.97 Å². The van der Waals surface area contributed by atoms with Crippen LogP contribution in [0, 0.1) is 0 Å². The molecule has 0 radical (unpaired) electrons. The van der Waals surface area contributed by atoms with E-state index >= 15 is 0 Å². The first-order chi connectivity index (χ1) is 15.7. The number of rotatable bonds is 7. The van der Waals surface area contributed by atoms with Gasteiger partial charge in [-0.05, 0) is 23.3 Å². The molecule has 32 heavy (non-hydrogen) atoms. The molecule has 0 amide bonds. The van der Waals surface area contributed by atoms with Crippen molar-refractivity contribution in [2.24, 2.45) is 0 Å². The van der Waals surface area contributed by atoms with E-state index in [0.29, 0.717) is 25.2 Å². The Labute approximate surface area is 192 Å². The molecule has 5 nitrogen and oxygen atoms in total. The van der Waals surface area contributed by atoms with Crippen molar-refractivity contribution in [3.05, 3.63) is 108 Å². The Morgan fingerprint density at radius 1 is 0.875 bits per heavy atom. The van der Waals surface area contributed by atoms with Gasteiger partial charge in [0.05, 0.1) is 25.4 Å². The third kappa shape index (κ3) is 7.64. The van der Waals surface area contributed by atoms with E-state index in [0.717, 1.165) is 11.1 Å². The molecule has 1 unspecified atom stereocenters. The molecule has 166 valence electrons. The van der Waals surface area contributed by atoms with Crippen LogP contribution in [0.5, 0.6) is 0 Å². The molecule has 6 heteroatoms. The molecule has 1 fully saturated rings. The number of ether oxygens (including phenoxy) is 2. The summed E-state index contributed by atoms with van der Waals surface area (Å²) in [5.41, 5.74) is 1.78. The summed E-state index contributed by atoms with van der Waals surface area (Å²) in [6.07, 6.45) is 0.367. The summed E-state index contributed by atoms with van der Waals surface area (Å²) >= 11 is 1.36. The summed E-state index contributed by atoms with van der Waals surface area (Å²) in [7, 11) is 0. The van der Waals surface area contributed by atoms with E-state index in [4.69, 9.17) is 14.6 Å². The fourth-order valence-corrected chi connectivity index (χ4v) is 4.19. The lowest BCUT2D eigenvalue weighted by Crippen LogP contribution is -2.19. The van der Waals surface area contributed by atoms with Gasteiger partial charge in [-0.25, -0.2) is 4.79 Å². The van der Waals surface area contributed by atoms with Crippen molar-refractivity contribution < 1.29 is 24.2 Å². The van der Waals surface area contributed by atoms with Gasteiger partial charge in [-0.15, -0.1) is 11.8 Å². The van der Waals surface area contributed by atoms with Gasteiger partial charge in [0.25, 0.3) is 0 Å². The van der Waals surface area contributed by atoms with E-state index in [1.807, 2.05) is 66.7 Å². The van der Waals surface area contributed by atoms with E-state index in [2.05, 4.69) is 0 Å². The van der Waals surface area contributed by atoms with E-state index in [-0.39, 0.29) is 17.6 Å². The molecular formula is C26H26O5S. The number of carbonyl (C=O) groups is 2. The standard InChI is InChI=1S/C19H18O4S.C7H8O/c20-17-11-16(13-22-12-14-7-3-1-4-8-14)24-19(17)23-18(21)15-9-5-2-6-10-15;8-6-7-4-2-1-3-5-7/h1-10,16,19H,11-13H2;1-5,8H,6H2/t16-,19?;/m0./s1. The second-order valence-corrected chi connectivity index (χ2v) is 8.54. The summed E-state index contributed by atoms with van der Waals surface area (Å²) in [5.74, 6) is -0.523. The number of aliphatic hydroxyl groups excluding tert-OH is 1. The number of esters is 1. The highest BCUT2D eigenvalue weighted by Crippen LogP contribution is 2.32. The Morgan fingerprint density at radius 3 is 2.00 bits per heavy atom. The van der Waals surface area contributed by atoms with E-state index in [1.165, 1.54) is 11.8 Å². The minimum Gasteiger partial charge on any atom is -0.439 e. The van der Waals surface area contributed by atoms with Crippen LogP contribution in [0.25, 0.3) is 0 Å². The third-order valence-electron chi connectivity index (χ3n) is 4.67. The monoisotopic (exact) mass is 450 g/mol.